The van der Waals surface area contributed by atoms with Gasteiger partial charge in [0.25, 0.3) is 0 Å². The largest absolute Gasteiger partial charge is 0.457 e. The quantitative estimate of drug-likeness (QED) is 0.534. The topological polar surface area (TPSA) is 9.23 Å². The average Bonchev–Trinajstić information content (AvgIpc) is 2.48. The molecule has 0 aromatic heterocycles. The summed E-state index contributed by atoms with van der Waals surface area (Å²) in [5.41, 5.74) is 1.37. The molecule has 0 unspecified atom stereocenters. The van der Waals surface area contributed by atoms with Crippen molar-refractivity contribution in [3.8, 4) is 11.5 Å². The lowest BCUT2D eigenvalue weighted by Gasteiger charge is -2.07. The van der Waals surface area contributed by atoms with E-state index in [1.54, 1.807) is 0 Å². The highest BCUT2D eigenvalue weighted by atomic mass is 16.5. The van der Waals surface area contributed by atoms with Crippen LogP contribution in [-0.4, -0.2) is 0 Å². The lowest BCUT2D eigenvalue weighted by Crippen LogP contribution is -1.89. The van der Waals surface area contributed by atoms with Crippen molar-refractivity contribution in [2.75, 3.05) is 0 Å². The molecule has 2 rings (SSSR count). The molecule has 0 fully saturated rings. The van der Waals surface area contributed by atoms with E-state index in [2.05, 4.69) is 25.1 Å². The SMILES string of the molecule is CCCCCCCc1cccc(Oc2ccccc2)c1. The first-order chi connectivity index (χ1) is 9.88. The van der Waals surface area contributed by atoms with Crippen molar-refractivity contribution < 1.29 is 4.74 Å². The highest BCUT2D eigenvalue weighted by Crippen LogP contribution is 2.22. The van der Waals surface area contributed by atoms with Gasteiger partial charge in [0, 0.05) is 0 Å². The lowest BCUT2D eigenvalue weighted by molar-refractivity contribution is 0.481. The fraction of sp³-hybridized carbons (Fsp3) is 0.368. The van der Waals surface area contributed by atoms with Gasteiger partial charge in [0.1, 0.15) is 11.5 Å². The summed E-state index contributed by atoms with van der Waals surface area (Å²) in [4.78, 5) is 0. The fourth-order valence-electron chi connectivity index (χ4n) is 2.32. The maximum Gasteiger partial charge on any atom is 0.127 e. The second-order valence-corrected chi connectivity index (χ2v) is 5.23. The minimum Gasteiger partial charge on any atom is -0.457 e. The molecule has 20 heavy (non-hydrogen) atoms. The third-order valence-corrected chi connectivity index (χ3v) is 3.45. The highest BCUT2D eigenvalue weighted by Gasteiger charge is 1.99. The Kier molecular flexibility index (Phi) is 6.16. The molecule has 0 amide bonds. The molecule has 0 aliphatic heterocycles. The van der Waals surface area contributed by atoms with Crippen LogP contribution >= 0.6 is 0 Å². The van der Waals surface area contributed by atoms with Crippen molar-refractivity contribution in [2.45, 2.75) is 45.4 Å². The van der Waals surface area contributed by atoms with Crippen molar-refractivity contribution >= 4 is 0 Å². The second kappa shape index (κ2) is 8.42. The van der Waals surface area contributed by atoms with Crippen molar-refractivity contribution in [3.63, 3.8) is 0 Å². The van der Waals surface area contributed by atoms with Crippen molar-refractivity contribution in [2.24, 2.45) is 0 Å². The standard InChI is InChI=1S/C19H24O/c1-2-3-4-5-7-11-17-12-10-15-19(16-17)20-18-13-8-6-9-14-18/h6,8-10,12-16H,2-5,7,11H2,1H3. The maximum atomic E-state index is 5.86. The zero-order chi connectivity index (χ0) is 14.0. The van der Waals surface area contributed by atoms with Gasteiger partial charge in [0.15, 0.2) is 0 Å². The lowest BCUT2D eigenvalue weighted by atomic mass is 10.1. The second-order valence-electron chi connectivity index (χ2n) is 5.23. The van der Waals surface area contributed by atoms with Gasteiger partial charge in [-0.05, 0) is 42.7 Å². The summed E-state index contributed by atoms with van der Waals surface area (Å²) >= 11 is 0. The van der Waals surface area contributed by atoms with Crippen LogP contribution in [0.3, 0.4) is 0 Å². The number of unbranched alkanes of at least 4 members (excludes halogenated alkanes) is 4. The monoisotopic (exact) mass is 268 g/mol. The van der Waals surface area contributed by atoms with Crippen LogP contribution in [0.1, 0.15) is 44.6 Å². The Morgan fingerprint density at radius 2 is 1.50 bits per heavy atom. The molecular weight excluding hydrogens is 244 g/mol. The van der Waals surface area contributed by atoms with Gasteiger partial charge in [0.05, 0.1) is 0 Å². The Morgan fingerprint density at radius 1 is 0.750 bits per heavy atom. The molecule has 106 valence electrons. The van der Waals surface area contributed by atoms with Gasteiger partial charge in [-0.15, -0.1) is 0 Å². The molecule has 2 aromatic carbocycles. The van der Waals surface area contributed by atoms with E-state index in [0.717, 1.165) is 17.9 Å². The van der Waals surface area contributed by atoms with E-state index in [9.17, 15) is 0 Å². The Bertz CT molecular complexity index is 490. The number of hydrogen-bond acceptors (Lipinski definition) is 1. The molecule has 0 heterocycles. The zero-order valence-electron chi connectivity index (χ0n) is 12.3. The minimum atomic E-state index is 0.896. The third kappa shape index (κ3) is 5.08. The van der Waals surface area contributed by atoms with Crippen molar-refractivity contribution in [1.82, 2.24) is 0 Å². The van der Waals surface area contributed by atoms with E-state index in [4.69, 9.17) is 4.74 Å². The predicted octanol–water partition coefficient (Wildman–Crippen LogP) is 5.99. The van der Waals surface area contributed by atoms with Crippen LogP contribution in [0, 0.1) is 0 Å². The molecule has 1 nitrogen and oxygen atoms in total. The number of aryl methyl sites for hydroxylation is 1. The summed E-state index contributed by atoms with van der Waals surface area (Å²) in [7, 11) is 0. The van der Waals surface area contributed by atoms with Gasteiger partial charge in [-0.2, -0.15) is 0 Å². The molecule has 0 N–H and O–H groups in total. The fourth-order valence-corrected chi connectivity index (χ4v) is 2.32. The predicted molar refractivity (Wildman–Crippen MR) is 85.4 cm³/mol. The Morgan fingerprint density at radius 3 is 2.30 bits per heavy atom. The van der Waals surface area contributed by atoms with E-state index in [0.29, 0.717) is 0 Å². The molecule has 2 aromatic rings. The number of benzene rings is 2. The van der Waals surface area contributed by atoms with Gasteiger partial charge < -0.3 is 4.74 Å². The first kappa shape index (κ1) is 14.6. The summed E-state index contributed by atoms with van der Waals surface area (Å²) in [5, 5.41) is 0. The number of para-hydroxylation sites is 1. The molecular formula is C19H24O. The molecule has 0 saturated heterocycles. The molecule has 0 saturated carbocycles. The molecule has 0 radical (unpaired) electrons. The number of ether oxygens (including phenoxy) is 1. The molecule has 0 atom stereocenters. The van der Waals surface area contributed by atoms with Gasteiger partial charge in [-0.25, -0.2) is 0 Å². The zero-order valence-corrected chi connectivity index (χ0v) is 12.3. The Hall–Kier alpha value is -1.76. The average molecular weight is 268 g/mol. The van der Waals surface area contributed by atoms with E-state index >= 15 is 0 Å². The van der Waals surface area contributed by atoms with Gasteiger partial charge >= 0.3 is 0 Å². The van der Waals surface area contributed by atoms with Crippen LogP contribution in [0.25, 0.3) is 0 Å². The van der Waals surface area contributed by atoms with Crippen LogP contribution in [0.15, 0.2) is 54.6 Å². The van der Waals surface area contributed by atoms with Gasteiger partial charge in [-0.3, -0.25) is 0 Å². The normalized spacial score (nSPS) is 10.4. The van der Waals surface area contributed by atoms with Crippen LogP contribution in [-0.2, 0) is 6.42 Å². The van der Waals surface area contributed by atoms with Crippen LogP contribution in [0.4, 0.5) is 0 Å². The maximum absolute atomic E-state index is 5.86. The Balaban J connectivity index is 1.84. The summed E-state index contributed by atoms with van der Waals surface area (Å²) in [5.74, 6) is 1.83. The van der Waals surface area contributed by atoms with E-state index < -0.39 is 0 Å². The number of rotatable bonds is 8. The van der Waals surface area contributed by atoms with E-state index in [1.165, 1.54) is 37.7 Å². The van der Waals surface area contributed by atoms with Crippen LogP contribution < -0.4 is 4.74 Å². The first-order valence-corrected chi connectivity index (χ1v) is 7.70. The molecule has 1 heteroatoms. The van der Waals surface area contributed by atoms with Crippen LogP contribution in [0.2, 0.25) is 0 Å². The number of hydrogen-bond donors (Lipinski definition) is 0. The van der Waals surface area contributed by atoms with Gasteiger partial charge in [0.2, 0.25) is 0 Å². The minimum absolute atomic E-state index is 0.896. The van der Waals surface area contributed by atoms with E-state index in [1.807, 2.05) is 36.4 Å². The smallest absolute Gasteiger partial charge is 0.127 e. The van der Waals surface area contributed by atoms with Crippen LogP contribution in [0.5, 0.6) is 11.5 Å². The highest BCUT2D eigenvalue weighted by molar-refractivity contribution is 5.33. The van der Waals surface area contributed by atoms with E-state index in [-0.39, 0.29) is 0 Å². The summed E-state index contributed by atoms with van der Waals surface area (Å²) < 4.78 is 5.86. The molecule has 0 spiro atoms. The summed E-state index contributed by atoms with van der Waals surface area (Å²) in [6, 6.07) is 18.4. The van der Waals surface area contributed by atoms with Gasteiger partial charge in [-0.1, -0.05) is 62.9 Å². The molecule has 0 bridgehead atoms. The first-order valence-electron chi connectivity index (χ1n) is 7.70. The van der Waals surface area contributed by atoms with Crippen molar-refractivity contribution in [3.05, 3.63) is 60.2 Å². The summed E-state index contributed by atoms with van der Waals surface area (Å²) in [6.45, 7) is 2.25. The molecule has 0 aliphatic rings. The Labute approximate surface area is 122 Å². The summed E-state index contributed by atoms with van der Waals surface area (Å²) in [6.07, 6.45) is 7.77. The third-order valence-electron chi connectivity index (χ3n) is 3.45. The van der Waals surface area contributed by atoms with Crippen molar-refractivity contribution in [1.29, 1.82) is 0 Å². The molecule has 0 aliphatic carbocycles.